The number of halogens is 4. The number of nitrogens with zero attached hydrogens (tertiary/aromatic N) is 3. The van der Waals surface area contributed by atoms with Crippen LogP contribution in [0.25, 0.3) is 0 Å². The number of carbonyl (C=O) groups is 1. The van der Waals surface area contributed by atoms with E-state index in [9.17, 15) is 18.0 Å². The van der Waals surface area contributed by atoms with Gasteiger partial charge in [-0.2, -0.15) is 18.3 Å². The Bertz CT molecular complexity index is 502. The number of hydrogen-bond acceptors (Lipinski definition) is 4. The van der Waals surface area contributed by atoms with E-state index in [4.69, 9.17) is 0 Å². The predicted octanol–water partition coefficient (Wildman–Crippen LogP) is 0.891. The highest BCUT2D eigenvalue weighted by Gasteiger charge is 2.43. The van der Waals surface area contributed by atoms with Gasteiger partial charge < -0.3 is 10.6 Å². The fraction of sp³-hybridized carbons (Fsp3) is 0.692. The molecule has 0 saturated carbocycles. The number of nitrogens with one attached hydrogen (secondary N) is 2. The normalized spacial score (nSPS) is 17.4. The molecule has 132 valence electrons. The number of aryl methyl sites for hydroxylation is 1. The summed E-state index contributed by atoms with van der Waals surface area (Å²) in [6.45, 7) is 3.66. The van der Waals surface area contributed by atoms with Crippen molar-refractivity contribution in [1.29, 1.82) is 0 Å². The Labute approximate surface area is 138 Å². The van der Waals surface area contributed by atoms with Crippen LogP contribution in [0.4, 0.5) is 13.2 Å². The second kappa shape index (κ2) is 8.51. The molecule has 1 aliphatic rings. The minimum Gasteiger partial charge on any atom is -0.350 e. The van der Waals surface area contributed by atoms with Crippen molar-refractivity contribution in [2.24, 2.45) is 0 Å². The zero-order chi connectivity index (χ0) is 16.2. The van der Waals surface area contributed by atoms with E-state index in [1.807, 2.05) is 6.92 Å². The first kappa shape index (κ1) is 19.7. The fourth-order valence-corrected chi connectivity index (χ4v) is 2.39. The van der Waals surface area contributed by atoms with Crippen molar-refractivity contribution >= 4 is 18.3 Å². The minimum atomic E-state index is -4.38. The molecule has 1 unspecified atom stereocenters. The van der Waals surface area contributed by atoms with Crippen molar-refractivity contribution in [3.8, 4) is 0 Å². The van der Waals surface area contributed by atoms with Crippen molar-refractivity contribution in [3.05, 3.63) is 18.0 Å². The van der Waals surface area contributed by atoms with E-state index in [1.165, 1.54) is 17.3 Å². The Morgan fingerprint density at radius 3 is 2.61 bits per heavy atom. The molecular weight excluding hydrogens is 335 g/mol. The summed E-state index contributed by atoms with van der Waals surface area (Å²) in [6, 6.07) is -1.67. The first-order valence-corrected chi connectivity index (χ1v) is 7.24. The van der Waals surface area contributed by atoms with Crippen molar-refractivity contribution in [1.82, 2.24) is 25.3 Å². The van der Waals surface area contributed by atoms with E-state index in [1.54, 1.807) is 4.68 Å². The molecule has 0 spiro atoms. The van der Waals surface area contributed by atoms with E-state index in [-0.39, 0.29) is 18.0 Å². The van der Waals surface area contributed by atoms with Gasteiger partial charge in [-0.1, -0.05) is 0 Å². The van der Waals surface area contributed by atoms with Gasteiger partial charge in [-0.15, -0.1) is 12.4 Å². The zero-order valence-electron chi connectivity index (χ0n) is 12.8. The average molecular weight is 356 g/mol. The monoisotopic (exact) mass is 355 g/mol. The number of hydrogen-bond donors (Lipinski definition) is 2. The topological polar surface area (TPSA) is 62.2 Å². The summed E-state index contributed by atoms with van der Waals surface area (Å²) in [7, 11) is 0. The van der Waals surface area contributed by atoms with Crippen LogP contribution in [-0.4, -0.2) is 65.5 Å². The SMILES string of the molecule is CCn1cc(C(=O)NCC(N2CCNCC2)C(F)(F)F)cn1.Cl. The highest BCUT2D eigenvalue weighted by Crippen LogP contribution is 2.24. The number of alkyl halides is 3. The van der Waals surface area contributed by atoms with E-state index >= 15 is 0 Å². The van der Waals surface area contributed by atoms with E-state index in [2.05, 4.69) is 15.7 Å². The number of amides is 1. The summed E-state index contributed by atoms with van der Waals surface area (Å²) < 4.78 is 41.1. The first-order valence-electron chi connectivity index (χ1n) is 7.24. The average Bonchev–Trinajstić information content (AvgIpc) is 2.96. The minimum absolute atomic E-state index is 0. The molecule has 6 nitrogen and oxygen atoms in total. The van der Waals surface area contributed by atoms with Crippen molar-refractivity contribution in [2.75, 3.05) is 32.7 Å². The molecule has 1 aromatic heterocycles. The van der Waals surface area contributed by atoms with Gasteiger partial charge in [-0.25, -0.2) is 0 Å². The number of aromatic nitrogens is 2. The first-order chi connectivity index (χ1) is 10.4. The van der Waals surface area contributed by atoms with Gasteiger partial charge in [0.2, 0.25) is 0 Å². The smallest absolute Gasteiger partial charge is 0.350 e. The lowest BCUT2D eigenvalue weighted by molar-refractivity contribution is -0.183. The maximum absolute atomic E-state index is 13.2. The van der Waals surface area contributed by atoms with Gasteiger partial charge in [-0.05, 0) is 6.92 Å². The van der Waals surface area contributed by atoms with E-state index < -0.39 is 24.7 Å². The van der Waals surface area contributed by atoms with Crippen LogP contribution in [0.3, 0.4) is 0 Å². The van der Waals surface area contributed by atoms with Gasteiger partial charge in [0.15, 0.2) is 0 Å². The Morgan fingerprint density at radius 2 is 2.09 bits per heavy atom. The molecule has 1 aliphatic heterocycles. The van der Waals surface area contributed by atoms with Crippen LogP contribution in [0, 0.1) is 0 Å². The molecular formula is C13H21ClF3N5O. The molecule has 0 aliphatic carbocycles. The van der Waals surface area contributed by atoms with Gasteiger partial charge in [0.1, 0.15) is 6.04 Å². The lowest BCUT2D eigenvalue weighted by atomic mass is 10.2. The summed E-state index contributed by atoms with van der Waals surface area (Å²) in [5.41, 5.74) is 0.267. The Balaban J connectivity index is 0.00000264. The van der Waals surface area contributed by atoms with Crippen LogP contribution >= 0.6 is 12.4 Å². The van der Waals surface area contributed by atoms with Crippen LogP contribution in [0.2, 0.25) is 0 Å². The summed E-state index contributed by atoms with van der Waals surface area (Å²) in [5.74, 6) is -0.538. The molecule has 1 atom stereocenters. The molecule has 23 heavy (non-hydrogen) atoms. The third-order valence-electron chi connectivity index (χ3n) is 3.65. The van der Waals surface area contributed by atoms with Crippen molar-refractivity contribution < 1.29 is 18.0 Å². The van der Waals surface area contributed by atoms with Gasteiger partial charge >= 0.3 is 6.18 Å². The molecule has 10 heteroatoms. The second-order valence-corrected chi connectivity index (χ2v) is 5.14. The Morgan fingerprint density at radius 1 is 1.43 bits per heavy atom. The third-order valence-corrected chi connectivity index (χ3v) is 3.65. The molecule has 2 heterocycles. The molecule has 0 radical (unpaired) electrons. The maximum Gasteiger partial charge on any atom is 0.405 e. The van der Waals surface area contributed by atoms with Gasteiger partial charge in [0, 0.05) is 45.5 Å². The van der Waals surface area contributed by atoms with Gasteiger partial charge in [-0.3, -0.25) is 14.4 Å². The Hall–Kier alpha value is -1.32. The number of carbonyl (C=O) groups excluding carboxylic acids is 1. The van der Waals surface area contributed by atoms with Crippen LogP contribution < -0.4 is 10.6 Å². The predicted molar refractivity (Wildman–Crippen MR) is 81.8 cm³/mol. The third kappa shape index (κ3) is 5.36. The number of rotatable bonds is 5. The van der Waals surface area contributed by atoms with Crippen LogP contribution in [0.5, 0.6) is 0 Å². The zero-order valence-corrected chi connectivity index (χ0v) is 13.6. The standard InChI is InChI=1S/C13H20F3N5O.ClH/c1-2-21-9-10(7-19-21)12(22)18-8-11(13(14,15)16)20-5-3-17-4-6-20;/h7,9,11,17H,2-6,8H2,1H3,(H,18,22);1H. The summed E-state index contributed by atoms with van der Waals surface area (Å²) in [6.07, 6.45) is -1.51. The largest absolute Gasteiger partial charge is 0.405 e. The lowest BCUT2D eigenvalue weighted by Crippen LogP contribution is -2.57. The summed E-state index contributed by atoms with van der Waals surface area (Å²) in [5, 5.41) is 9.32. The van der Waals surface area contributed by atoms with Crippen LogP contribution in [-0.2, 0) is 6.54 Å². The maximum atomic E-state index is 13.2. The highest BCUT2D eigenvalue weighted by molar-refractivity contribution is 5.93. The van der Waals surface area contributed by atoms with E-state index in [0.717, 1.165) is 0 Å². The molecule has 0 bridgehead atoms. The molecule has 1 fully saturated rings. The summed E-state index contributed by atoms with van der Waals surface area (Å²) in [4.78, 5) is 13.3. The van der Waals surface area contributed by atoms with Gasteiger partial charge in [0.25, 0.3) is 5.91 Å². The van der Waals surface area contributed by atoms with Crippen LogP contribution in [0.1, 0.15) is 17.3 Å². The summed E-state index contributed by atoms with van der Waals surface area (Å²) >= 11 is 0. The van der Waals surface area contributed by atoms with Crippen LogP contribution in [0.15, 0.2) is 12.4 Å². The molecule has 1 aromatic rings. The fourth-order valence-electron chi connectivity index (χ4n) is 2.39. The lowest BCUT2D eigenvalue weighted by Gasteiger charge is -2.35. The molecule has 2 rings (SSSR count). The Kier molecular flexibility index (Phi) is 7.30. The van der Waals surface area contributed by atoms with E-state index in [0.29, 0.717) is 32.7 Å². The molecule has 1 amide bonds. The highest BCUT2D eigenvalue weighted by atomic mass is 35.5. The molecule has 1 saturated heterocycles. The van der Waals surface area contributed by atoms with Crippen molar-refractivity contribution in [2.45, 2.75) is 25.7 Å². The van der Waals surface area contributed by atoms with Gasteiger partial charge in [0.05, 0.1) is 11.8 Å². The molecule has 0 aromatic carbocycles. The second-order valence-electron chi connectivity index (χ2n) is 5.14. The van der Waals surface area contributed by atoms with Crippen molar-refractivity contribution in [3.63, 3.8) is 0 Å². The molecule has 2 N–H and O–H groups in total. The number of piperazine rings is 1. The quantitative estimate of drug-likeness (QED) is 0.823.